The highest BCUT2D eigenvalue weighted by Crippen LogP contribution is 2.23. The van der Waals surface area contributed by atoms with Crippen molar-refractivity contribution in [3.8, 4) is 0 Å². The lowest BCUT2D eigenvalue weighted by Crippen LogP contribution is -2.29. The number of nitrogens with zero attached hydrogens (tertiary/aromatic N) is 1. The third-order valence-electron chi connectivity index (χ3n) is 2.67. The van der Waals surface area contributed by atoms with Gasteiger partial charge in [-0.3, -0.25) is 0 Å². The van der Waals surface area contributed by atoms with E-state index in [1.54, 1.807) is 0 Å². The summed E-state index contributed by atoms with van der Waals surface area (Å²) in [5.74, 6) is 0. The molecule has 4 heteroatoms. The van der Waals surface area contributed by atoms with Crippen molar-refractivity contribution in [1.29, 1.82) is 0 Å². The van der Waals surface area contributed by atoms with Crippen molar-refractivity contribution in [1.82, 2.24) is 5.32 Å². The van der Waals surface area contributed by atoms with Gasteiger partial charge >= 0.3 is 0 Å². The normalized spacial score (nSPS) is 16.9. The maximum atomic E-state index is 5.99. The quantitative estimate of drug-likeness (QED) is 0.876. The molecule has 1 aromatic carbocycles. The first kappa shape index (κ1) is 11.8. The largest absolute Gasteiger partial charge is 0.365 e. The van der Waals surface area contributed by atoms with E-state index in [4.69, 9.17) is 23.2 Å². The molecular formula is C12H14Cl2N2. The second-order valence-corrected chi connectivity index (χ2v) is 4.49. The predicted octanol–water partition coefficient (Wildman–Crippen LogP) is 2.92. The zero-order chi connectivity index (χ0) is 11.4. The zero-order valence-electron chi connectivity index (χ0n) is 8.92. The Hall–Kier alpha value is -0.700. The zero-order valence-corrected chi connectivity index (χ0v) is 10.4. The van der Waals surface area contributed by atoms with Crippen LogP contribution in [0.4, 0.5) is 5.69 Å². The average Bonchev–Trinajstić information content (AvgIpc) is 2.52. The van der Waals surface area contributed by atoms with Crippen molar-refractivity contribution in [3.63, 3.8) is 0 Å². The molecule has 0 aliphatic carbocycles. The molecule has 0 radical (unpaired) electrons. The van der Waals surface area contributed by atoms with Gasteiger partial charge in [-0.25, -0.2) is 0 Å². The van der Waals surface area contributed by atoms with E-state index >= 15 is 0 Å². The summed E-state index contributed by atoms with van der Waals surface area (Å²) in [6.07, 6.45) is 0. The molecule has 2 nitrogen and oxygen atoms in total. The molecule has 1 aliphatic heterocycles. The van der Waals surface area contributed by atoms with Crippen LogP contribution in [0.25, 0.3) is 0 Å². The summed E-state index contributed by atoms with van der Waals surface area (Å²) in [5, 5.41) is 4.05. The molecule has 0 unspecified atom stereocenters. The number of anilines is 1. The SMILES string of the molecule is ClC=C(Cl)CN1CCNCc2ccccc21. The highest BCUT2D eigenvalue weighted by Gasteiger charge is 2.14. The molecule has 1 heterocycles. The van der Waals surface area contributed by atoms with Gasteiger partial charge in [0.05, 0.1) is 6.54 Å². The Bertz CT molecular complexity index is 390. The van der Waals surface area contributed by atoms with E-state index in [-0.39, 0.29) is 0 Å². The lowest BCUT2D eigenvalue weighted by Gasteiger charge is -2.23. The highest BCUT2D eigenvalue weighted by atomic mass is 35.5. The molecule has 1 aromatic rings. The summed E-state index contributed by atoms with van der Waals surface area (Å²) in [4.78, 5) is 2.25. The summed E-state index contributed by atoms with van der Waals surface area (Å²) in [7, 11) is 0. The van der Waals surface area contributed by atoms with Crippen LogP contribution in [-0.2, 0) is 6.54 Å². The number of para-hydroxylation sites is 1. The van der Waals surface area contributed by atoms with Gasteiger partial charge in [0.25, 0.3) is 0 Å². The van der Waals surface area contributed by atoms with Crippen molar-refractivity contribution in [2.45, 2.75) is 6.54 Å². The van der Waals surface area contributed by atoms with Gasteiger partial charge in [-0.15, -0.1) is 0 Å². The van der Waals surface area contributed by atoms with Crippen LogP contribution in [0.15, 0.2) is 34.8 Å². The van der Waals surface area contributed by atoms with Crippen LogP contribution < -0.4 is 10.2 Å². The van der Waals surface area contributed by atoms with Crippen LogP contribution in [0.5, 0.6) is 0 Å². The summed E-state index contributed by atoms with van der Waals surface area (Å²) in [6.45, 7) is 3.48. The topological polar surface area (TPSA) is 15.3 Å². The fourth-order valence-electron chi connectivity index (χ4n) is 1.91. The van der Waals surface area contributed by atoms with Crippen LogP contribution in [-0.4, -0.2) is 19.6 Å². The lowest BCUT2D eigenvalue weighted by atomic mass is 10.1. The number of rotatable bonds is 2. The van der Waals surface area contributed by atoms with Crippen LogP contribution in [0.1, 0.15) is 5.56 Å². The van der Waals surface area contributed by atoms with Gasteiger partial charge < -0.3 is 10.2 Å². The van der Waals surface area contributed by atoms with Crippen molar-refractivity contribution in [2.75, 3.05) is 24.5 Å². The molecule has 0 spiro atoms. The number of nitrogens with one attached hydrogen (secondary N) is 1. The standard InChI is InChI=1S/C12H14Cl2N2/c13-7-11(14)9-16-6-5-15-8-10-3-1-2-4-12(10)16/h1-4,7,15H,5-6,8-9H2. The van der Waals surface area contributed by atoms with Crippen molar-refractivity contribution in [2.24, 2.45) is 0 Å². The molecule has 0 bridgehead atoms. The molecule has 1 aliphatic rings. The van der Waals surface area contributed by atoms with Gasteiger partial charge in [-0.1, -0.05) is 41.4 Å². The van der Waals surface area contributed by atoms with E-state index in [2.05, 4.69) is 34.5 Å². The molecule has 0 fully saturated rings. The van der Waals surface area contributed by atoms with Gasteiger partial charge in [-0.2, -0.15) is 0 Å². The number of fused-ring (bicyclic) bond motifs is 1. The maximum absolute atomic E-state index is 5.99. The first-order valence-corrected chi connectivity index (χ1v) is 6.11. The van der Waals surface area contributed by atoms with E-state index in [0.29, 0.717) is 11.6 Å². The molecular weight excluding hydrogens is 243 g/mol. The minimum absolute atomic E-state index is 0.665. The summed E-state index contributed by atoms with van der Waals surface area (Å²) >= 11 is 11.6. The first-order valence-electron chi connectivity index (χ1n) is 5.29. The number of hydrogen-bond acceptors (Lipinski definition) is 2. The third kappa shape index (κ3) is 2.70. The number of halogens is 2. The van der Waals surface area contributed by atoms with E-state index in [1.165, 1.54) is 16.8 Å². The monoisotopic (exact) mass is 256 g/mol. The molecule has 16 heavy (non-hydrogen) atoms. The maximum Gasteiger partial charge on any atom is 0.0546 e. The highest BCUT2D eigenvalue weighted by molar-refractivity contribution is 6.36. The van der Waals surface area contributed by atoms with E-state index < -0.39 is 0 Å². The minimum Gasteiger partial charge on any atom is -0.365 e. The van der Waals surface area contributed by atoms with Crippen molar-refractivity contribution >= 4 is 28.9 Å². The van der Waals surface area contributed by atoms with Crippen LogP contribution in [0.2, 0.25) is 0 Å². The Morgan fingerprint density at radius 3 is 3.06 bits per heavy atom. The summed E-state index contributed by atoms with van der Waals surface area (Å²) < 4.78 is 0. The second kappa shape index (κ2) is 5.58. The Morgan fingerprint density at radius 2 is 2.25 bits per heavy atom. The fourth-order valence-corrected chi connectivity index (χ4v) is 2.12. The molecule has 0 atom stereocenters. The molecule has 1 N–H and O–H groups in total. The van der Waals surface area contributed by atoms with Gasteiger partial charge in [0, 0.05) is 35.9 Å². The van der Waals surface area contributed by atoms with E-state index in [1.807, 2.05) is 0 Å². The average molecular weight is 257 g/mol. The van der Waals surface area contributed by atoms with Gasteiger partial charge in [-0.05, 0) is 11.6 Å². The van der Waals surface area contributed by atoms with E-state index in [9.17, 15) is 0 Å². The molecule has 0 amide bonds. The first-order chi connectivity index (χ1) is 7.81. The number of hydrogen-bond donors (Lipinski definition) is 1. The smallest absolute Gasteiger partial charge is 0.0546 e. The molecule has 0 aromatic heterocycles. The van der Waals surface area contributed by atoms with Gasteiger partial charge in [0.15, 0.2) is 0 Å². The predicted molar refractivity (Wildman–Crippen MR) is 70.2 cm³/mol. The minimum atomic E-state index is 0.665. The van der Waals surface area contributed by atoms with Gasteiger partial charge in [0.2, 0.25) is 0 Å². The molecule has 86 valence electrons. The fraction of sp³-hybridized carbons (Fsp3) is 0.333. The molecule has 0 saturated heterocycles. The molecule has 2 rings (SSSR count). The van der Waals surface area contributed by atoms with Crippen molar-refractivity contribution in [3.05, 3.63) is 40.4 Å². The summed E-state index contributed by atoms with van der Waals surface area (Å²) in [6, 6.07) is 8.37. The van der Waals surface area contributed by atoms with Crippen LogP contribution in [0, 0.1) is 0 Å². The molecule has 0 saturated carbocycles. The van der Waals surface area contributed by atoms with E-state index in [0.717, 1.165) is 19.6 Å². The van der Waals surface area contributed by atoms with Crippen LogP contribution >= 0.6 is 23.2 Å². The lowest BCUT2D eigenvalue weighted by molar-refractivity contribution is 0.699. The summed E-state index contributed by atoms with van der Waals surface area (Å²) in [5.41, 5.74) is 3.98. The number of benzene rings is 1. The van der Waals surface area contributed by atoms with Gasteiger partial charge in [0.1, 0.15) is 0 Å². The Labute approximate surface area is 106 Å². The Balaban J connectivity index is 2.25. The van der Waals surface area contributed by atoms with Crippen molar-refractivity contribution < 1.29 is 0 Å². The Kier molecular flexibility index (Phi) is 4.10. The second-order valence-electron chi connectivity index (χ2n) is 3.78. The third-order valence-corrected chi connectivity index (χ3v) is 3.27. The van der Waals surface area contributed by atoms with Crippen LogP contribution in [0.3, 0.4) is 0 Å². The Morgan fingerprint density at radius 1 is 1.44 bits per heavy atom.